The zero-order valence-electron chi connectivity index (χ0n) is 26.5. The Kier molecular flexibility index (Phi) is 11.0. The van der Waals surface area contributed by atoms with Crippen LogP contribution in [0.2, 0.25) is 0 Å². The highest BCUT2D eigenvalue weighted by Crippen LogP contribution is 2.40. The van der Waals surface area contributed by atoms with Crippen LogP contribution in [0.5, 0.6) is 0 Å². The number of carbonyl (C=O) groups is 1. The molecule has 3 saturated heterocycles. The number of carbonyl (C=O) groups excluding carboxylic acids is 1. The third-order valence-corrected chi connectivity index (χ3v) is 11.0. The maximum Gasteiger partial charge on any atom is 0.417 e. The normalized spacial score (nSPS) is 22.7. The van der Waals surface area contributed by atoms with Gasteiger partial charge in [-0.1, -0.05) is 6.07 Å². The molecule has 9 nitrogen and oxygen atoms in total. The first-order valence-corrected chi connectivity index (χ1v) is 17.9. The van der Waals surface area contributed by atoms with Crippen LogP contribution in [0, 0.1) is 5.92 Å². The van der Waals surface area contributed by atoms with Gasteiger partial charge in [0.15, 0.2) is 0 Å². The van der Waals surface area contributed by atoms with Gasteiger partial charge in [-0.3, -0.25) is 14.4 Å². The van der Waals surface area contributed by atoms with Crippen LogP contribution in [-0.2, 0) is 30.5 Å². The van der Waals surface area contributed by atoms with Crippen molar-refractivity contribution in [3.63, 3.8) is 0 Å². The molecule has 5 heterocycles. The summed E-state index contributed by atoms with van der Waals surface area (Å²) in [7, 11) is 0. The number of aromatic nitrogens is 2. The van der Waals surface area contributed by atoms with E-state index in [0.717, 1.165) is 102 Å². The van der Waals surface area contributed by atoms with Crippen molar-refractivity contribution in [1.82, 2.24) is 29.8 Å². The molecule has 254 valence electrons. The van der Waals surface area contributed by atoms with E-state index in [0.29, 0.717) is 49.7 Å². The van der Waals surface area contributed by atoms with Gasteiger partial charge in [-0.2, -0.15) is 18.3 Å². The Balaban J connectivity index is 1.12. The van der Waals surface area contributed by atoms with Gasteiger partial charge in [-0.25, -0.2) is 0 Å². The lowest BCUT2D eigenvalue weighted by atomic mass is 9.95. The number of hydrogen-bond donors (Lipinski definition) is 3. The van der Waals surface area contributed by atoms with Crippen molar-refractivity contribution in [3.8, 4) is 11.3 Å². The first-order valence-electron chi connectivity index (χ1n) is 16.9. The van der Waals surface area contributed by atoms with Crippen LogP contribution in [0.15, 0.2) is 23.1 Å². The number of alkyl halides is 3. The second-order valence-electron chi connectivity index (χ2n) is 13.3. The van der Waals surface area contributed by atoms with Gasteiger partial charge in [-0.05, 0) is 70.3 Å². The van der Waals surface area contributed by atoms with E-state index < -0.39 is 17.8 Å². The summed E-state index contributed by atoms with van der Waals surface area (Å²) in [5.41, 5.74) is 2.64. The molecule has 46 heavy (non-hydrogen) atoms. The van der Waals surface area contributed by atoms with Crippen molar-refractivity contribution in [2.45, 2.75) is 81.3 Å². The van der Waals surface area contributed by atoms with E-state index in [2.05, 4.69) is 15.1 Å². The number of aliphatic hydroxyl groups excluding tert-OH is 2. The predicted molar refractivity (Wildman–Crippen MR) is 171 cm³/mol. The standard InChI is InChI=1S/C33H47F3N6O3S/c34-33(35,36)28-6-5-24(18-30(28)46-17-16-39-11-3-4-25(43)20-39)31-27-19-37-10-7-29(27)42(38-31)22-26(44)21-40-14-8-23(9-15-40)32(45)41-12-1-2-13-41/h5-6,18,23,25-26,37,43-44H,1-4,7-17,19-22H2. The summed E-state index contributed by atoms with van der Waals surface area (Å²) in [4.78, 5) is 19.3. The van der Waals surface area contributed by atoms with E-state index in [4.69, 9.17) is 5.10 Å². The maximum absolute atomic E-state index is 14.0. The molecule has 0 bridgehead atoms. The summed E-state index contributed by atoms with van der Waals surface area (Å²) >= 11 is 1.20. The van der Waals surface area contributed by atoms with E-state index in [1.54, 1.807) is 6.07 Å². The first kappa shape index (κ1) is 33.7. The zero-order valence-corrected chi connectivity index (χ0v) is 27.3. The SMILES string of the molecule is O=C(C1CCN(CC(O)Cn2nc(-c3ccc(C(F)(F)F)c(SCCN4CCCC(O)C4)c3)c3c2CCNC3)CC1)N1CCCC1. The monoisotopic (exact) mass is 664 g/mol. The first-order chi connectivity index (χ1) is 22.2. The highest BCUT2D eigenvalue weighted by molar-refractivity contribution is 7.99. The molecule has 13 heteroatoms. The molecule has 1 aromatic carbocycles. The number of rotatable bonds is 10. The molecule has 2 aromatic rings. The lowest BCUT2D eigenvalue weighted by molar-refractivity contribution is -0.139. The van der Waals surface area contributed by atoms with Gasteiger partial charge in [-0.15, -0.1) is 11.8 Å². The van der Waals surface area contributed by atoms with Crippen LogP contribution in [-0.4, -0.2) is 117 Å². The molecule has 0 saturated carbocycles. The number of thioether (sulfide) groups is 1. The molecule has 4 aliphatic rings. The number of piperidine rings is 2. The van der Waals surface area contributed by atoms with Gasteiger partial charge < -0.3 is 25.3 Å². The Morgan fingerprint density at radius 2 is 1.83 bits per heavy atom. The topological polar surface area (TPSA) is 97.1 Å². The molecule has 0 aliphatic carbocycles. The number of fused-ring (bicyclic) bond motifs is 1. The number of nitrogens with one attached hydrogen (secondary N) is 1. The largest absolute Gasteiger partial charge is 0.417 e. The summed E-state index contributed by atoms with van der Waals surface area (Å²) in [5, 5.41) is 29.4. The zero-order chi connectivity index (χ0) is 32.3. The highest BCUT2D eigenvalue weighted by atomic mass is 32.2. The molecule has 3 fully saturated rings. The molecule has 6 rings (SSSR count). The summed E-state index contributed by atoms with van der Waals surface area (Å²) in [6, 6.07) is 4.29. The van der Waals surface area contributed by atoms with Gasteiger partial charge in [0.05, 0.1) is 30.0 Å². The van der Waals surface area contributed by atoms with E-state index in [9.17, 15) is 28.2 Å². The number of likely N-dealkylation sites (tertiary alicyclic amines) is 3. The number of nitrogens with zero attached hydrogens (tertiary/aromatic N) is 5. The summed E-state index contributed by atoms with van der Waals surface area (Å²) < 4.78 is 43.9. The van der Waals surface area contributed by atoms with Crippen LogP contribution in [0.3, 0.4) is 0 Å². The fourth-order valence-corrected chi connectivity index (χ4v) is 8.58. The van der Waals surface area contributed by atoms with Crippen molar-refractivity contribution in [2.75, 3.05) is 64.7 Å². The minimum absolute atomic E-state index is 0.0733. The van der Waals surface area contributed by atoms with Crippen LogP contribution in [0.25, 0.3) is 11.3 Å². The number of amides is 1. The van der Waals surface area contributed by atoms with E-state index in [1.807, 2.05) is 9.58 Å². The lowest BCUT2D eigenvalue weighted by Crippen LogP contribution is -2.44. The molecule has 2 unspecified atom stereocenters. The number of hydrogen-bond acceptors (Lipinski definition) is 8. The Hall–Kier alpha value is -2.16. The minimum atomic E-state index is -4.47. The lowest BCUT2D eigenvalue weighted by Gasteiger charge is -2.34. The molecule has 0 spiro atoms. The van der Waals surface area contributed by atoms with Crippen LogP contribution in [0.1, 0.15) is 55.3 Å². The second kappa shape index (κ2) is 14.9. The van der Waals surface area contributed by atoms with Gasteiger partial charge in [0.2, 0.25) is 5.91 Å². The second-order valence-corrected chi connectivity index (χ2v) is 14.4. The van der Waals surface area contributed by atoms with Gasteiger partial charge in [0.25, 0.3) is 0 Å². The molecule has 1 amide bonds. The Bertz CT molecular complexity index is 1340. The Labute approximate surface area is 273 Å². The average molecular weight is 665 g/mol. The van der Waals surface area contributed by atoms with Crippen LogP contribution < -0.4 is 5.32 Å². The van der Waals surface area contributed by atoms with E-state index in [-0.39, 0.29) is 22.8 Å². The van der Waals surface area contributed by atoms with Crippen molar-refractivity contribution in [2.24, 2.45) is 5.92 Å². The number of halogens is 3. The van der Waals surface area contributed by atoms with Crippen molar-refractivity contribution in [1.29, 1.82) is 0 Å². The highest BCUT2D eigenvalue weighted by Gasteiger charge is 2.35. The number of β-amino-alcohol motifs (C(OH)–C–C–N with tert-alkyl or cyclic N) is 2. The quantitative estimate of drug-likeness (QED) is 0.333. The maximum atomic E-state index is 14.0. The van der Waals surface area contributed by atoms with E-state index in [1.165, 1.54) is 17.8 Å². The molecule has 4 aliphatic heterocycles. The van der Waals surface area contributed by atoms with Gasteiger partial charge in [0, 0.05) is 85.6 Å². The summed E-state index contributed by atoms with van der Waals surface area (Å²) in [6.07, 6.45) is 0.689. The smallest absolute Gasteiger partial charge is 0.392 e. The fourth-order valence-electron chi connectivity index (χ4n) is 7.46. The molecule has 3 N–H and O–H groups in total. The fraction of sp³-hybridized carbons (Fsp3) is 0.697. The van der Waals surface area contributed by atoms with Gasteiger partial charge >= 0.3 is 6.18 Å². The molecular weight excluding hydrogens is 617 g/mol. The molecule has 0 radical (unpaired) electrons. The molecular formula is C33H47F3N6O3S. The van der Waals surface area contributed by atoms with E-state index >= 15 is 0 Å². The van der Waals surface area contributed by atoms with Gasteiger partial charge in [0.1, 0.15) is 0 Å². The van der Waals surface area contributed by atoms with Crippen molar-refractivity contribution in [3.05, 3.63) is 35.0 Å². The third-order valence-electron chi connectivity index (χ3n) is 9.92. The predicted octanol–water partition coefficient (Wildman–Crippen LogP) is 3.46. The van der Waals surface area contributed by atoms with Crippen molar-refractivity contribution < 1.29 is 28.2 Å². The Morgan fingerprint density at radius 1 is 1.04 bits per heavy atom. The van der Waals surface area contributed by atoms with Crippen LogP contribution >= 0.6 is 11.8 Å². The third kappa shape index (κ3) is 8.10. The Morgan fingerprint density at radius 3 is 2.57 bits per heavy atom. The summed E-state index contributed by atoms with van der Waals surface area (Å²) in [5.74, 6) is 0.848. The summed E-state index contributed by atoms with van der Waals surface area (Å²) in [6.45, 7) is 7.46. The number of aliphatic hydroxyl groups is 2. The number of benzene rings is 1. The molecule has 2 atom stereocenters. The van der Waals surface area contributed by atoms with Crippen LogP contribution in [0.4, 0.5) is 13.2 Å². The molecule has 1 aromatic heterocycles. The minimum Gasteiger partial charge on any atom is -0.392 e. The van der Waals surface area contributed by atoms with Crippen molar-refractivity contribution >= 4 is 17.7 Å². The average Bonchev–Trinajstić information content (AvgIpc) is 3.70.